The van der Waals surface area contributed by atoms with E-state index >= 15 is 0 Å². The smallest absolute Gasteiger partial charge is 0.314 e. The lowest BCUT2D eigenvalue weighted by Gasteiger charge is -2.39. The Bertz CT molecular complexity index is 1080. The van der Waals surface area contributed by atoms with Crippen LogP contribution in [0.25, 0.3) is 0 Å². The Balaban J connectivity index is 0.936. The van der Waals surface area contributed by atoms with Crippen molar-refractivity contribution in [1.29, 1.82) is 0 Å². The highest BCUT2D eigenvalue weighted by atomic mass is 32.2. The normalized spacial score (nSPS) is 25.9. The van der Waals surface area contributed by atoms with E-state index in [1.807, 2.05) is 12.1 Å². The van der Waals surface area contributed by atoms with Crippen molar-refractivity contribution < 1.29 is 19.2 Å². The molecule has 2 aliphatic carbocycles. The average molecular weight is 569 g/mol. The third kappa shape index (κ3) is 7.39. The number of carbonyl (C=O) groups excluding carboxylic acids is 4. The van der Waals surface area contributed by atoms with Crippen LogP contribution in [-0.4, -0.2) is 53.5 Å². The number of nitrogens with zero attached hydrogens (tertiary/aromatic N) is 1. The number of urea groups is 1. The van der Waals surface area contributed by atoms with Crippen molar-refractivity contribution in [1.82, 2.24) is 20.9 Å². The van der Waals surface area contributed by atoms with Gasteiger partial charge >= 0.3 is 6.03 Å². The lowest BCUT2D eigenvalue weighted by molar-refractivity contribution is -0.136. The molecular weight excluding hydrogens is 524 g/mol. The molecule has 3 unspecified atom stereocenters. The lowest BCUT2D eigenvalue weighted by Crippen LogP contribution is -2.52. The first-order chi connectivity index (χ1) is 19.5. The van der Waals surface area contributed by atoms with Gasteiger partial charge in [0.1, 0.15) is 6.04 Å². The van der Waals surface area contributed by atoms with Gasteiger partial charge in [0.05, 0.1) is 0 Å². The minimum atomic E-state index is -0.614. The molecule has 2 bridgehead atoms. The molecule has 3 fully saturated rings. The molecule has 8 nitrogen and oxygen atoms in total. The Morgan fingerprint density at radius 3 is 2.52 bits per heavy atom. The first-order valence-corrected chi connectivity index (χ1v) is 16.4. The minimum absolute atomic E-state index is 0.133. The standard InChI is InChI=1S/C31H44N4O4S/c36-28-13-12-26(29(37)34-28)35-20-25-24(30(35)38)10-6-11-27(25)40-16-15-33-31(39)32-14-4-2-1-3-7-21-17-22-8-5-9-23(18-21)19-22/h6,10-11,21-23,26H,1-5,7-9,12-20H2,(H2,32,33,39)(H,34,36,37). The fourth-order valence-electron chi connectivity index (χ4n) is 7.30. The summed E-state index contributed by atoms with van der Waals surface area (Å²) < 4.78 is 0. The fourth-order valence-corrected chi connectivity index (χ4v) is 8.25. The van der Waals surface area contributed by atoms with E-state index in [0.717, 1.165) is 34.6 Å². The van der Waals surface area contributed by atoms with Gasteiger partial charge in [-0.3, -0.25) is 19.7 Å². The highest BCUT2D eigenvalue weighted by molar-refractivity contribution is 7.99. The van der Waals surface area contributed by atoms with Crippen molar-refractivity contribution in [3.63, 3.8) is 0 Å². The lowest BCUT2D eigenvalue weighted by atomic mass is 9.67. The largest absolute Gasteiger partial charge is 0.338 e. The van der Waals surface area contributed by atoms with Crippen LogP contribution in [0.5, 0.6) is 0 Å². The molecule has 2 aliphatic heterocycles. The summed E-state index contributed by atoms with van der Waals surface area (Å²) in [5.41, 5.74) is 1.53. The van der Waals surface area contributed by atoms with E-state index < -0.39 is 11.9 Å². The van der Waals surface area contributed by atoms with E-state index in [0.29, 0.717) is 37.4 Å². The number of nitrogens with one attached hydrogen (secondary N) is 3. The van der Waals surface area contributed by atoms with E-state index in [9.17, 15) is 19.2 Å². The number of unbranched alkanes of at least 4 members (excludes halogenated alkanes) is 3. The van der Waals surface area contributed by atoms with Crippen LogP contribution in [0.4, 0.5) is 4.79 Å². The van der Waals surface area contributed by atoms with Crippen molar-refractivity contribution in [2.75, 3.05) is 18.8 Å². The zero-order valence-corrected chi connectivity index (χ0v) is 24.4. The summed E-state index contributed by atoms with van der Waals surface area (Å²) >= 11 is 1.60. The van der Waals surface area contributed by atoms with E-state index in [1.54, 1.807) is 22.7 Å². The first-order valence-electron chi connectivity index (χ1n) is 15.4. The van der Waals surface area contributed by atoms with Crippen molar-refractivity contribution in [3.05, 3.63) is 29.3 Å². The van der Waals surface area contributed by atoms with Gasteiger partial charge in [-0.15, -0.1) is 11.8 Å². The van der Waals surface area contributed by atoms with Crippen LogP contribution in [-0.2, 0) is 16.1 Å². The van der Waals surface area contributed by atoms with Gasteiger partial charge in [-0.05, 0) is 67.6 Å². The predicted octanol–water partition coefficient (Wildman–Crippen LogP) is 5.01. The maximum Gasteiger partial charge on any atom is 0.314 e. The van der Waals surface area contributed by atoms with Crippen molar-refractivity contribution in [2.45, 2.75) is 101 Å². The third-order valence-corrected chi connectivity index (χ3v) is 10.3. The van der Waals surface area contributed by atoms with Crippen molar-refractivity contribution in [3.8, 4) is 0 Å². The number of thioether (sulfide) groups is 1. The number of benzene rings is 1. The molecule has 218 valence electrons. The second-order valence-corrected chi connectivity index (χ2v) is 13.3. The maximum absolute atomic E-state index is 13.0. The molecule has 4 aliphatic rings. The van der Waals surface area contributed by atoms with Gasteiger partial charge in [-0.25, -0.2) is 4.79 Å². The SMILES string of the molecule is O=C1CCC(N2Cc3c(SCCNC(=O)NCCCCCCC4CC5CCCC(C4)C5)cccc3C2=O)C(=O)N1. The van der Waals surface area contributed by atoms with Crippen LogP contribution in [0.15, 0.2) is 23.1 Å². The van der Waals surface area contributed by atoms with Gasteiger partial charge in [-0.2, -0.15) is 0 Å². The molecule has 3 N–H and O–H groups in total. The molecule has 5 amide bonds. The summed E-state index contributed by atoms with van der Waals surface area (Å²) in [6.45, 7) is 1.59. The quantitative estimate of drug-likeness (QED) is 0.187. The van der Waals surface area contributed by atoms with E-state index in [4.69, 9.17) is 0 Å². The molecule has 3 atom stereocenters. The zero-order chi connectivity index (χ0) is 27.9. The Hall–Kier alpha value is -2.55. The van der Waals surface area contributed by atoms with Crippen molar-refractivity contribution >= 4 is 35.5 Å². The number of hydrogen-bond donors (Lipinski definition) is 3. The monoisotopic (exact) mass is 568 g/mol. The highest BCUT2D eigenvalue weighted by Gasteiger charge is 2.39. The molecule has 0 radical (unpaired) electrons. The summed E-state index contributed by atoms with van der Waals surface area (Å²) in [4.78, 5) is 51.5. The van der Waals surface area contributed by atoms with Crippen LogP contribution in [0.1, 0.15) is 99.4 Å². The van der Waals surface area contributed by atoms with E-state index in [-0.39, 0.29) is 24.3 Å². The van der Waals surface area contributed by atoms with E-state index in [1.165, 1.54) is 64.2 Å². The van der Waals surface area contributed by atoms with Crippen LogP contribution in [0.3, 0.4) is 0 Å². The molecule has 2 heterocycles. The van der Waals surface area contributed by atoms with E-state index in [2.05, 4.69) is 16.0 Å². The van der Waals surface area contributed by atoms with Crippen molar-refractivity contribution in [2.24, 2.45) is 17.8 Å². The number of fused-ring (bicyclic) bond motifs is 3. The molecule has 5 rings (SSSR count). The fraction of sp³-hybridized carbons (Fsp3) is 0.677. The van der Waals surface area contributed by atoms with Gasteiger partial charge in [-0.1, -0.05) is 51.0 Å². The Morgan fingerprint density at radius 2 is 1.73 bits per heavy atom. The molecule has 0 spiro atoms. The summed E-state index contributed by atoms with van der Waals surface area (Å²) in [7, 11) is 0. The molecule has 0 aromatic heterocycles. The number of piperidine rings is 1. The topological polar surface area (TPSA) is 108 Å². The summed E-state index contributed by atoms with van der Waals surface area (Å²) in [6, 6.07) is 4.88. The molecule has 40 heavy (non-hydrogen) atoms. The van der Waals surface area contributed by atoms with Crippen LogP contribution >= 0.6 is 11.8 Å². The Morgan fingerprint density at radius 1 is 0.950 bits per heavy atom. The number of imide groups is 1. The first kappa shape index (κ1) is 29.0. The summed E-state index contributed by atoms with van der Waals surface area (Å²) in [5.74, 6) is 2.83. The number of hydrogen-bond acceptors (Lipinski definition) is 5. The van der Waals surface area contributed by atoms with Gasteiger partial charge in [0.25, 0.3) is 5.91 Å². The molecule has 1 saturated heterocycles. The van der Waals surface area contributed by atoms with Gasteiger partial charge < -0.3 is 15.5 Å². The Labute approximate surface area is 242 Å². The van der Waals surface area contributed by atoms with Gasteiger partial charge in [0.2, 0.25) is 11.8 Å². The van der Waals surface area contributed by atoms with Gasteiger partial charge in [0, 0.05) is 42.3 Å². The van der Waals surface area contributed by atoms with Crippen LogP contribution < -0.4 is 16.0 Å². The predicted molar refractivity (Wildman–Crippen MR) is 156 cm³/mol. The zero-order valence-electron chi connectivity index (χ0n) is 23.6. The van der Waals surface area contributed by atoms with Crippen LogP contribution in [0, 0.1) is 17.8 Å². The average Bonchev–Trinajstić information content (AvgIpc) is 3.27. The molecule has 9 heteroatoms. The third-order valence-electron chi connectivity index (χ3n) is 9.23. The number of amides is 5. The summed E-state index contributed by atoms with van der Waals surface area (Å²) in [5, 5.41) is 8.25. The number of carbonyl (C=O) groups is 4. The second-order valence-electron chi connectivity index (χ2n) is 12.2. The molecular formula is C31H44N4O4S. The minimum Gasteiger partial charge on any atom is -0.338 e. The maximum atomic E-state index is 13.0. The second kappa shape index (κ2) is 13.9. The van der Waals surface area contributed by atoms with Crippen LogP contribution in [0.2, 0.25) is 0 Å². The summed E-state index contributed by atoms with van der Waals surface area (Å²) in [6.07, 6.45) is 15.6. The molecule has 2 saturated carbocycles. The molecule has 1 aromatic rings. The molecule has 1 aromatic carbocycles. The van der Waals surface area contributed by atoms with Gasteiger partial charge in [0.15, 0.2) is 0 Å². The Kier molecular flexibility index (Phi) is 10.0. The number of rotatable bonds is 12. The highest BCUT2D eigenvalue weighted by Crippen LogP contribution is 2.44.